The smallest absolute Gasteiger partial charge is 0.264 e. The second-order valence-corrected chi connectivity index (χ2v) is 10.9. The summed E-state index contributed by atoms with van der Waals surface area (Å²) in [4.78, 5) is 20.2. The number of rotatable bonds is 7. The van der Waals surface area contributed by atoms with Gasteiger partial charge in [-0.15, -0.1) is 0 Å². The van der Waals surface area contributed by atoms with Crippen molar-refractivity contribution < 1.29 is 17.9 Å². The quantitative estimate of drug-likeness (QED) is 0.457. The zero-order chi connectivity index (χ0) is 24.2. The van der Waals surface area contributed by atoms with Crippen LogP contribution < -0.4 is 14.8 Å². The number of sulfonamides is 1. The first-order valence-corrected chi connectivity index (χ1v) is 12.4. The maximum absolute atomic E-state index is 12.5. The fraction of sp³-hybridized carbons (Fsp3) is 0.261. The molecule has 0 radical (unpaired) electrons. The molecule has 33 heavy (non-hydrogen) atoms. The monoisotopic (exact) mass is 532 g/mol. The van der Waals surface area contributed by atoms with Crippen molar-refractivity contribution in [1.29, 1.82) is 0 Å². The fourth-order valence-corrected chi connectivity index (χ4v) is 4.26. The molecule has 0 aliphatic carbocycles. The number of carbonyl (C=O) groups is 1. The lowest BCUT2D eigenvalue weighted by molar-refractivity contribution is -0.118. The van der Waals surface area contributed by atoms with E-state index in [-0.39, 0.29) is 28.8 Å². The summed E-state index contributed by atoms with van der Waals surface area (Å²) in [6.07, 6.45) is 1.47. The normalized spacial score (nSPS) is 11.7. The number of nitrogens with one attached hydrogen (secondary N) is 2. The SMILES string of the molecule is Cc1ccnc(NS(=O)(=O)c2ccc(NC(=O)COc3ccc(C(C)(C)C)cc3Br)cc2)n1. The Hall–Kier alpha value is -2.98. The number of halogens is 1. The van der Waals surface area contributed by atoms with Gasteiger partial charge >= 0.3 is 0 Å². The molecule has 3 rings (SSSR count). The Morgan fingerprint density at radius 2 is 1.79 bits per heavy atom. The van der Waals surface area contributed by atoms with Gasteiger partial charge in [0.25, 0.3) is 15.9 Å². The van der Waals surface area contributed by atoms with Crippen LogP contribution in [0.15, 0.2) is 64.1 Å². The van der Waals surface area contributed by atoms with E-state index in [0.717, 1.165) is 10.0 Å². The molecular formula is C23H25BrN4O4S. The minimum Gasteiger partial charge on any atom is -0.483 e. The van der Waals surface area contributed by atoms with Gasteiger partial charge in [-0.1, -0.05) is 26.8 Å². The Labute approximate surface area is 202 Å². The Bertz CT molecular complexity index is 1260. The molecule has 0 unspecified atom stereocenters. The van der Waals surface area contributed by atoms with Crippen LogP contribution in [-0.4, -0.2) is 30.9 Å². The van der Waals surface area contributed by atoms with Gasteiger partial charge in [0.05, 0.1) is 9.37 Å². The Kier molecular flexibility index (Phi) is 7.38. The van der Waals surface area contributed by atoms with E-state index in [1.54, 1.807) is 13.0 Å². The van der Waals surface area contributed by atoms with E-state index in [4.69, 9.17) is 4.74 Å². The van der Waals surface area contributed by atoms with Crippen molar-refractivity contribution in [2.24, 2.45) is 0 Å². The lowest BCUT2D eigenvalue weighted by Crippen LogP contribution is -2.20. The maximum atomic E-state index is 12.5. The summed E-state index contributed by atoms with van der Waals surface area (Å²) in [5.74, 6) is 0.180. The minimum atomic E-state index is -3.86. The number of nitrogens with zero attached hydrogens (tertiary/aromatic N) is 2. The third-order valence-electron chi connectivity index (χ3n) is 4.63. The first kappa shape index (κ1) is 24.7. The molecule has 0 atom stereocenters. The highest BCUT2D eigenvalue weighted by atomic mass is 79.9. The van der Waals surface area contributed by atoms with Crippen LogP contribution >= 0.6 is 15.9 Å². The number of benzene rings is 2. The molecule has 0 fully saturated rings. The average Bonchev–Trinajstić information content (AvgIpc) is 2.72. The van der Waals surface area contributed by atoms with E-state index in [1.165, 1.54) is 30.5 Å². The Balaban J connectivity index is 1.59. The van der Waals surface area contributed by atoms with Gasteiger partial charge < -0.3 is 10.1 Å². The molecule has 0 saturated heterocycles. The highest BCUT2D eigenvalue weighted by molar-refractivity contribution is 9.10. The number of aryl methyl sites for hydroxylation is 1. The number of anilines is 2. The number of hydrogen-bond donors (Lipinski definition) is 2. The topological polar surface area (TPSA) is 110 Å². The predicted octanol–water partition coefficient (Wildman–Crippen LogP) is 4.66. The second kappa shape index (κ2) is 9.88. The molecule has 0 bridgehead atoms. The zero-order valence-electron chi connectivity index (χ0n) is 18.7. The van der Waals surface area contributed by atoms with Gasteiger partial charge in [0.15, 0.2) is 6.61 Å². The summed E-state index contributed by atoms with van der Waals surface area (Å²) >= 11 is 3.48. The molecule has 8 nitrogen and oxygen atoms in total. The van der Waals surface area contributed by atoms with Crippen molar-refractivity contribution in [1.82, 2.24) is 9.97 Å². The molecule has 2 aromatic carbocycles. The van der Waals surface area contributed by atoms with Gasteiger partial charge in [0.2, 0.25) is 5.95 Å². The standard InChI is InChI=1S/C23H25BrN4O4S/c1-15-11-12-25-22(26-15)28-33(30,31)18-8-6-17(7-9-18)27-21(29)14-32-20-10-5-16(13-19(20)24)23(2,3)4/h5-13H,14H2,1-4H3,(H,27,29)(H,25,26,28). The van der Waals surface area contributed by atoms with Crippen molar-refractivity contribution in [3.05, 3.63) is 70.5 Å². The summed E-state index contributed by atoms with van der Waals surface area (Å²) < 4.78 is 33.8. The third kappa shape index (κ3) is 6.75. The first-order chi connectivity index (χ1) is 15.4. The predicted molar refractivity (Wildman–Crippen MR) is 131 cm³/mol. The number of aromatic nitrogens is 2. The van der Waals surface area contributed by atoms with Crippen molar-refractivity contribution >= 4 is 43.5 Å². The third-order valence-corrected chi connectivity index (χ3v) is 6.59. The van der Waals surface area contributed by atoms with Gasteiger partial charge in [-0.2, -0.15) is 0 Å². The summed E-state index contributed by atoms with van der Waals surface area (Å²) in [5.41, 5.74) is 2.22. The summed E-state index contributed by atoms with van der Waals surface area (Å²) in [5, 5.41) is 2.68. The lowest BCUT2D eigenvalue weighted by atomic mass is 9.87. The van der Waals surface area contributed by atoms with Crippen molar-refractivity contribution in [2.75, 3.05) is 16.6 Å². The zero-order valence-corrected chi connectivity index (χ0v) is 21.1. The van der Waals surface area contributed by atoms with Crippen molar-refractivity contribution in [2.45, 2.75) is 38.0 Å². The average molecular weight is 533 g/mol. The van der Waals surface area contributed by atoms with Crippen LogP contribution in [-0.2, 0) is 20.2 Å². The summed E-state index contributed by atoms with van der Waals surface area (Å²) in [6.45, 7) is 7.89. The molecular weight excluding hydrogens is 508 g/mol. The minimum absolute atomic E-state index is 0.000645. The van der Waals surface area contributed by atoms with Crippen LogP contribution in [0.5, 0.6) is 5.75 Å². The molecule has 10 heteroatoms. The highest BCUT2D eigenvalue weighted by Gasteiger charge is 2.17. The van der Waals surface area contributed by atoms with Crippen molar-refractivity contribution in [3.8, 4) is 5.75 Å². The van der Waals surface area contributed by atoms with E-state index in [9.17, 15) is 13.2 Å². The number of ether oxygens (including phenoxy) is 1. The van der Waals surface area contributed by atoms with E-state index < -0.39 is 10.0 Å². The van der Waals surface area contributed by atoms with Gasteiger partial charge in [-0.25, -0.2) is 23.1 Å². The Morgan fingerprint density at radius 3 is 2.39 bits per heavy atom. The van der Waals surface area contributed by atoms with Gasteiger partial charge in [-0.3, -0.25) is 4.79 Å². The molecule has 2 N–H and O–H groups in total. The number of carbonyl (C=O) groups excluding carboxylic acids is 1. The summed E-state index contributed by atoms with van der Waals surface area (Å²) in [7, 11) is -3.86. The number of hydrogen-bond acceptors (Lipinski definition) is 6. The highest BCUT2D eigenvalue weighted by Crippen LogP contribution is 2.31. The molecule has 3 aromatic rings. The molecule has 1 aromatic heterocycles. The van der Waals surface area contributed by atoms with Crippen LogP contribution in [0.25, 0.3) is 0 Å². The first-order valence-electron chi connectivity index (χ1n) is 10.1. The summed E-state index contributed by atoms with van der Waals surface area (Å²) in [6, 6.07) is 13.2. The Morgan fingerprint density at radius 1 is 1.09 bits per heavy atom. The maximum Gasteiger partial charge on any atom is 0.264 e. The molecule has 0 aliphatic rings. The van der Waals surface area contributed by atoms with Crippen LogP contribution in [0.3, 0.4) is 0 Å². The molecule has 0 aliphatic heterocycles. The fourth-order valence-electron chi connectivity index (χ4n) is 2.82. The van der Waals surface area contributed by atoms with E-state index in [1.807, 2.05) is 18.2 Å². The molecule has 0 spiro atoms. The molecule has 0 saturated carbocycles. The lowest BCUT2D eigenvalue weighted by Gasteiger charge is -2.20. The van der Waals surface area contributed by atoms with E-state index >= 15 is 0 Å². The van der Waals surface area contributed by atoms with E-state index in [0.29, 0.717) is 17.1 Å². The van der Waals surface area contributed by atoms with Crippen molar-refractivity contribution in [3.63, 3.8) is 0 Å². The van der Waals surface area contributed by atoms with Gasteiger partial charge in [0, 0.05) is 17.6 Å². The van der Waals surface area contributed by atoms with Gasteiger partial charge in [-0.05, 0) is 76.3 Å². The largest absolute Gasteiger partial charge is 0.483 e. The molecule has 1 amide bonds. The second-order valence-electron chi connectivity index (χ2n) is 8.38. The number of amides is 1. The van der Waals surface area contributed by atoms with Crippen LogP contribution in [0.2, 0.25) is 0 Å². The van der Waals surface area contributed by atoms with Crippen LogP contribution in [0.1, 0.15) is 32.0 Å². The van der Waals surface area contributed by atoms with E-state index in [2.05, 4.69) is 56.7 Å². The van der Waals surface area contributed by atoms with Crippen LogP contribution in [0, 0.1) is 6.92 Å². The molecule has 1 heterocycles. The van der Waals surface area contributed by atoms with Gasteiger partial charge in [0.1, 0.15) is 5.75 Å². The van der Waals surface area contributed by atoms with Crippen LogP contribution in [0.4, 0.5) is 11.6 Å². The molecule has 174 valence electrons.